The average molecular weight is 275 g/mol. The Balaban J connectivity index is 2.42. The van der Waals surface area contributed by atoms with Gasteiger partial charge in [0.1, 0.15) is 5.82 Å². The summed E-state index contributed by atoms with van der Waals surface area (Å²) in [6.45, 7) is 3.73. The van der Waals surface area contributed by atoms with E-state index in [1.54, 1.807) is 7.11 Å². The van der Waals surface area contributed by atoms with E-state index >= 15 is 0 Å². The van der Waals surface area contributed by atoms with Gasteiger partial charge < -0.3 is 10.1 Å². The molecule has 0 saturated carbocycles. The summed E-state index contributed by atoms with van der Waals surface area (Å²) < 4.78 is 5.00. The normalized spacial score (nSPS) is 10.5. The number of anilines is 1. The number of nitrogens with one attached hydrogen (secondary N) is 1. The predicted octanol–water partition coefficient (Wildman–Crippen LogP) is 3.44. The van der Waals surface area contributed by atoms with E-state index in [0.29, 0.717) is 0 Å². The summed E-state index contributed by atoms with van der Waals surface area (Å²) >= 11 is 7.94. The zero-order valence-corrected chi connectivity index (χ0v) is 11.9. The third-order valence-electron chi connectivity index (χ3n) is 2.15. The van der Waals surface area contributed by atoms with Crippen molar-refractivity contribution in [2.75, 3.05) is 31.3 Å². The molecule has 1 N–H and O–H groups in total. The summed E-state index contributed by atoms with van der Waals surface area (Å²) in [5, 5.41) is 3.93. The Morgan fingerprint density at radius 1 is 1.47 bits per heavy atom. The number of hydrogen-bond donors (Lipinski definition) is 1. The second kappa shape index (κ2) is 8.61. The molecular weight excluding hydrogens is 256 g/mol. The molecule has 0 aromatic carbocycles. The van der Waals surface area contributed by atoms with E-state index in [-0.39, 0.29) is 0 Å². The highest BCUT2D eigenvalue weighted by Crippen LogP contribution is 2.21. The molecule has 0 radical (unpaired) electrons. The Morgan fingerprint density at radius 3 is 3.00 bits per heavy atom. The van der Waals surface area contributed by atoms with Crippen LogP contribution in [0.15, 0.2) is 12.1 Å². The molecular formula is C12H19ClN2OS. The first-order valence-electron chi connectivity index (χ1n) is 5.74. The third-order valence-corrected chi connectivity index (χ3v) is 3.55. The number of ether oxygens (including phenoxy) is 1. The maximum atomic E-state index is 6.11. The Hall–Kier alpha value is -0.450. The zero-order valence-electron chi connectivity index (χ0n) is 10.3. The van der Waals surface area contributed by atoms with E-state index in [4.69, 9.17) is 16.3 Å². The van der Waals surface area contributed by atoms with Crippen molar-refractivity contribution in [1.82, 2.24) is 4.98 Å². The molecule has 0 aliphatic rings. The number of hydrogen-bond acceptors (Lipinski definition) is 4. The fraction of sp³-hybridized carbons (Fsp3) is 0.583. The number of aromatic nitrogens is 1. The minimum Gasteiger partial charge on any atom is -0.385 e. The zero-order chi connectivity index (χ0) is 12.5. The molecule has 0 saturated heterocycles. The van der Waals surface area contributed by atoms with Crippen LogP contribution in [-0.4, -0.2) is 31.0 Å². The van der Waals surface area contributed by atoms with Gasteiger partial charge in [-0.15, -0.1) is 0 Å². The first kappa shape index (κ1) is 14.6. The van der Waals surface area contributed by atoms with Gasteiger partial charge in [-0.25, -0.2) is 4.98 Å². The van der Waals surface area contributed by atoms with Gasteiger partial charge in [-0.3, -0.25) is 0 Å². The van der Waals surface area contributed by atoms with Crippen molar-refractivity contribution in [3.05, 3.63) is 22.8 Å². The van der Waals surface area contributed by atoms with E-state index in [1.165, 1.54) is 0 Å². The maximum Gasteiger partial charge on any atom is 0.126 e. The van der Waals surface area contributed by atoms with Gasteiger partial charge >= 0.3 is 0 Å². The van der Waals surface area contributed by atoms with Crippen LogP contribution in [0.1, 0.15) is 19.0 Å². The lowest BCUT2D eigenvalue weighted by molar-refractivity contribution is 0.200. The molecule has 0 spiro atoms. The maximum absolute atomic E-state index is 6.11. The Morgan fingerprint density at radius 2 is 2.29 bits per heavy atom. The summed E-state index contributed by atoms with van der Waals surface area (Å²) in [4.78, 5) is 4.48. The molecule has 0 aliphatic heterocycles. The van der Waals surface area contributed by atoms with Crippen molar-refractivity contribution < 1.29 is 4.74 Å². The summed E-state index contributed by atoms with van der Waals surface area (Å²) in [7, 11) is 1.73. The van der Waals surface area contributed by atoms with Gasteiger partial charge in [0, 0.05) is 26.0 Å². The van der Waals surface area contributed by atoms with Gasteiger partial charge in [0.25, 0.3) is 0 Å². The fourth-order valence-electron chi connectivity index (χ4n) is 1.34. The van der Waals surface area contributed by atoms with Crippen molar-refractivity contribution in [3.63, 3.8) is 0 Å². The molecule has 3 nitrogen and oxygen atoms in total. The molecule has 0 bridgehead atoms. The number of halogens is 1. The first-order chi connectivity index (χ1) is 8.27. The van der Waals surface area contributed by atoms with Gasteiger partial charge in [0.2, 0.25) is 0 Å². The van der Waals surface area contributed by atoms with Gasteiger partial charge in [0.15, 0.2) is 0 Å². The van der Waals surface area contributed by atoms with Crippen LogP contribution < -0.4 is 5.32 Å². The Kier molecular flexibility index (Phi) is 7.40. The van der Waals surface area contributed by atoms with Crippen LogP contribution in [0.25, 0.3) is 0 Å². The van der Waals surface area contributed by atoms with Gasteiger partial charge in [0.05, 0.1) is 10.7 Å². The molecule has 0 amide bonds. The van der Waals surface area contributed by atoms with E-state index in [2.05, 4.69) is 17.2 Å². The lowest BCUT2D eigenvalue weighted by Crippen LogP contribution is -2.01. The van der Waals surface area contributed by atoms with Crippen molar-refractivity contribution in [2.45, 2.75) is 19.1 Å². The van der Waals surface area contributed by atoms with Crippen LogP contribution in [0.2, 0.25) is 5.02 Å². The first-order valence-corrected chi connectivity index (χ1v) is 7.27. The summed E-state index contributed by atoms with van der Waals surface area (Å²) in [6, 6.07) is 3.81. The Labute approximate surface area is 112 Å². The SMILES string of the molecule is CCNc1ccc(Cl)c(CSCCCOC)n1. The van der Waals surface area contributed by atoms with Gasteiger partial charge in [-0.2, -0.15) is 11.8 Å². The topological polar surface area (TPSA) is 34.1 Å². The highest BCUT2D eigenvalue weighted by atomic mass is 35.5. The van der Waals surface area contributed by atoms with Crippen molar-refractivity contribution in [2.24, 2.45) is 0 Å². The minimum atomic E-state index is 0.742. The second-order valence-electron chi connectivity index (χ2n) is 3.55. The summed E-state index contributed by atoms with van der Waals surface area (Å²) in [5.74, 6) is 2.81. The monoisotopic (exact) mass is 274 g/mol. The summed E-state index contributed by atoms with van der Waals surface area (Å²) in [6.07, 6.45) is 1.06. The van der Waals surface area contributed by atoms with E-state index in [1.807, 2.05) is 23.9 Å². The average Bonchev–Trinajstić information content (AvgIpc) is 2.33. The largest absolute Gasteiger partial charge is 0.385 e. The number of pyridine rings is 1. The van der Waals surface area contributed by atoms with Gasteiger partial charge in [-0.1, -0.05) is 11.6 Å². The summed E-state index contributed by atoms with van der Waals surface area (Å²) in [5.41, 5.74) is 0.951. The Bertz CT molecular complexity index is 336. The molecule has 0 atom stereocenters. The lowest BCUT2D eigenvalue weighted by atomic mass is 10.3. The van der Waals surface area contributed by atoms with Crippen molar-refractivity contribution >= 4 is 29.2 Å². The smallest absolute Gasteiger partial charge is 0.126 e. The van der Waals surface area contributed by atoms with E-state index in [9.17, 15) is 0 Å². The van der Waals surface area contributed by atoms with Crippen LogP contribution in [0.4, 0.5) is 5.82 Å². The minimum absolute atomic E-state index is 0.742. The molecule has 17 heavy (non-hydrogen) atoms. The van der Waals surface area contributed by atoms with Crippen LogP contribution in [-0.2, 0) is 10.5 Å². The highest BCUT2D eigenvalue weighted by Gasteiger charge is 2.03. The fourth-order valence-corrected chi connectivity index (χ4v) is 2.47. The molecule has 0 aliphatic carbocycles. The predicted molar refractivity (Wildman–Crippen MR) is 76.1 cm³/mol. The van der Waals surface area contributed by atoms with Gasteiger partial charge in [-0.05, 0) is 31.2 Å². The number of nitrogens with zero attached hydrogens (tertiary/aromatic N) is 1. The van der Waals surface area contributed by atoms with Crippen LogP contribution in [0.5, 0.6) is 0 Å². The molecule has 5 heteroatoms. The molecule has 0 fully saturated rings. The van der Waals surface area contributed by atoms with Crippen molar-refractivity contribution in [3.8, 4) is 0 Å². The van der Waals surface area contributed by atoms with Crippen LogP contribution >= 0.6 is 23.4 Å². The van der Waals surface area contributed by atoms with E-state index < -0.39 is 0 Å². The molecule has 1 aromatic rings. The molecule has 0 unspecified atom stereocenters. The quantitative estimate of drug-likeness (QED) is 0.737. The molecule has 1 heterocycles. The van der Waals surface area contributed by atoms with Crippen LogP contribution in [0.3, 0.4) is 0 Å². The third kappa shape index (κ3) is 5.61. The number of thioether (sulfide) groups is 1. The number of rotatable bonds is 8. The highest BCUT2D eigenvalue weighted by molar-refractivity contribution is 7.98. The standard InChI is InChI=1S/C12H19ClN2OS/c1-3-14-12-6-5-10(13)11(15-12)9-17-8-4-7-16-2/h5-6H,3-4,7-9H2,1-2H3,(H,14,15). The van der Waals surface area contributed by atoms with Crippen molar-refractivity contribution in [1.29, 1.82) is 0 Å². The molecule has 1 aromatic heterocycles. The number of methoxy groups -OCH3 is 1. The molecule has 96 valence electrons. The second-order valence-corrected chi connectivity index (χ2v) is 5.07. The van der Waals surface area contributed by atoms with E-state index in [0.717, 1.165) is 47.6 Å². The lowest BCUT2D eigenvalue weighted by Gasteiger charge is -2.07. The molecule has 1 rings (SSSR count). The van der Waals surface area contributed by atoms with Crippen LogP contribution in [0, 0.1) is 0 Å².